The molecule has 2 aromatic carbocycles. The number of alkyl halides is 3. The van der Waals surface area contributed by atoms with E-state index in [-0.39, 0.29) is 42.4 Å². The predicted molar refractivity (Wildman–Crippen MR) is 153 cm³/mol. The van der Waals surface area contributed by atoms with Gasteiger partial charge in [-0.1, -0.05) is 31.2 Å². The van der Waals surface area contributed by atoms with Crippen LogP contribution in [0.15, 0.2) is 67.0 Å². The number of fused-ring (bicyclic) bond motifs is 1. The van der Waals surface area contributed by atoms with Gasteiger partial charge < -0.3 is 4.57 Å². The number of hydrogen-bond donors (Lipinski definition) is 0. The lowest BCUT2D eigenvalue weighted by atomic mass is 9.86. The van der Waals surface area contributed by atoms with Gasteiger partial charge in [0.15, 0.2) is 11.6 Å². The standard InChI is InChI=1S/C34H31F5N2O2/c1-20-6-3-9-30-31(34(37,38)39)19-41(33(20)30)18-28(43)16-25(12-22-13-26(35)17-27(36)14-22)32-29(10-5-11-40-32)24-8-4-7-23(15-24)21(2)42/h4-5,7-8,10-11,13-15,17,19-20,25H,3,6,9,12,16,18H2,1-2H3/t20?,25-/m1/s1. The van der Waals surface area contributed by atoms with Crippen molar-refractivity contribution in [1.82, 2.24) is 9.55 Å². The van der Waals surface area contributed by atoms with Gasteiger partial charge >= 0.3 is 6.18 Å². The Kier molecular flexibility index (Phi) is 8.62. The summed E-state index contributed by atoms with van der Waals surface area (Å²) >= 11 is 0. The van der Waals surface area contributed by atoms with E-state index in [1.54, 1.807) is 42.6 Å². The van der Waals surface area contributed by atoms with Crippen molar-refractivity contribution in [2.45, 2.75) is 70.5 Å². The third-order valence-corrected chi connectivity index (χ3v) is 8.10. The van der Waals surface area contributed by atoms with Gasteiger partial charge in [0.25, 0.3) is 0 Å². The Morgan fingerprint density at radius 1 is 1.05 bits per heavy atom. The molecule has 0 fully saturated rings. The molecule has 43 heavy (non-hydrogen) atoms. The van der Waals surface area contributed by atoms with Crippen LogP contribution in [0.5, 0.6) is 0 Å². The molecule has 0 N–H and O–H groups in total. The van der Waals surface area contributed by atoms with Gasteiger partial charge in [-0.15, -0.1) is 0 Å². The third-order valence-electron chi connectivity index (χ3n) is 8.10. The molecular weight excluding hydrogens is 563 g/mol. The van der Waals surface area contributed by atoms with Crippen molar-refractivity contribution in [2.24, 2.45) is 0 Å². The summed E-state index contributed by atoms with van der Waals surface area (Å²) in [5.41, 5.74) is 2.70. The highest BCUT2D eigenvalue weighted by Gasteiger charge is 2.39. The fourth-order valence-corrected chi connectivity index (χ4v) is 6.26. The minimum Gasteiger partial charge on any atom is -0.343 e. The molecule has 2 aromatic heterocycles. The number of carbonyl (C=O) groups is 2. The minimum absolute atomic E-state index is 0.0603. The van der Waals surface area contributed by atoms with Crippen LogP contribution in [0.2, 0.25) is 0 Å². The Hall–Kier alpha value is -4.14. The lowest BCUT2D eigenvalue weighted by Crippen LogP contribution is -2.19. The summed E-state index contributed by atoms with van der Waals surface area (Å²) in [6.45, 7) is 3.06. The zero-order chi connectivity index (χ0) is 30.9. The quantitative estimate of drug-likeness (QED) is 0.144. The maximum absolute atomic E-state index is 14.1. The van der Waals surface area contributed by atoms with Gasteiger partial charge in [-0.05, 0) is 79.5 Å². The molecular formula is C34H31F5N2O2. The van der Waals surface area contributed by atoms with Gasteiger partial charge in [0, 0.05) is 47.6 Å². The maximum atomic E-state index is 14.1. The zero-order valence-corrected chi connectivity index (χ0v) is 23.8. The van der Waals surface area contributed by atoms with Crippen LogP contribution in [0.4, 0.5) is 22.0 Å². The van der Waals surface area contributed by atoms with Gasteiger partial charge in [0.05, 0.1) is 17.8 Å². The van der Waals surface area contributed by atoms with Crippen LogP contribution in [0.1, 0.15) is 83.4 Å². The van der Waals surface area contributed by atoms with E-state index in [0.717, 1.165) is 18.7 Å². The van der Waals surface area contributed by atoms with Crippen LogP contribution in [0, 0.1) is 11.6 Å². The molecule has 0 saturated carbocycles. The second kappa shape index (κ2) is 12.2. The second-order valence-corrected chi connectivity index (χ2v) is 11.3. The number of carbonyl (C=O) groups excluding carboxylic acids is 2. The SMILES string of the molecule is CC(=O)c1cccc(-c2cccnc2[C@@H](CC(=O)Cn2cc(C(F)(F)F)c3c2C(C)CCC3)Cc2cc(F)cc(F)c2)c1. The Morgan fingerprint density at radius 2 is 1.79 bits per heavy atom. The molecule has 9 heteroatoms. The molecule has 0 radical (unpaired) electrons. The van der Waals surface area contributed by atoms with E-state index in [2.05, 4.69) is 4.98 Å². The highest BCUT2D eigenvalue weighted by atomic mass is 19.4. The zero-order valence-electron chi connectivity index (χ0n) is 23.8. The molecule has 5 rings (SSSR count). The summed E-state index contributed by atoms with van der Waals surface area (Å²) in [5, 5.41) is 0. The molecule has 4 aromatic rings. The molecule has 0 saturated heterocycles. The monoisotopic (exact) mass is 594 g/mol. The van der Waals surface area contributed by atoms with Gasteiger partial charge in [-0.3, -0.25) is 14.6 Å². The van der Waals surface area contributed by atoms with Crippen molar-refractivity contribution < 1.29 is 31.5 Å². The van der Waals surface area contributed by atoms with Crippen molar-refractivity contribution in [3.05, 3.63) is 112 Å². The Labute approximate surface area is 246 Å². The number of Topliss-reactive ketones (excluding diaryl/α,β-unsaturated/α-hetero) is 2. The first-order chi connectivity index (χ1) is 20.4. The smallest absolute Gasteiger partial charge is 0.343 e. The molecule has 0 aliphatic heterocycles. The molecule has 2 atom stereocenters. The van der Waals surface area contributed by atoms with Gasteiger partial charge in [0.2, 0.25) is 0 Å². The fraction of sp³-hybridized carbons (Fsp3) is 0.324. The molecule has 0 spiro atoms. The van der Waals surface area contributed by atoms with E-state index in [0.29, 0.717) is 46.5 Å². The summed E-state index contributed by atoms with van der Waals surface area (Å²) in [5.74, 6) is -2.77. The maximum Gasteiger partial charge on any atom is 0.418 e. The molecule has 1 unspecified atom stereocenters. The Balaban J connectivity index is 1.53. The first-order valence-electron chi connectivity index (χ1n) is 14.2. The number of halogens is 5. The average molecular weight is 595 g/mol. The van der Waals surface area contributed by atoms with Crippen LogP contribution in [0.3, 0.4) is 0 Å². The van der Waals surface area contributed by atoms with Crippen molar-refractivity contribution in [1.29, 1.82) is 0 Å². The van der Waals surface area contributed by atoms with Crippen LogP contribution in [-0.4, -0.2) is 21.1 Å². The van der Waals surface area contributed by atoms with Crippen LogP contribution >= 0.6 is 0 Å². The van der Waals surface area contributed by atoms with E-state index in [1.165, 1.54) is 23.6 Å². The van der Waals surface area contributed by atoms with E-state index < -0.39 is 29.3 Å². The number of nitrogens with zero attached hydrogens (tertiary/aromatic N) is 2. The molecule has 2 heterocycles. The molecule has 224 valence electrons. The summed E-state index contributed by atoms with van der Waals surface area (Å²) in [6, 6.07) is 13.6. The number of hydrogen-bond acceptors (Lipinski definition) is 3. The number of benzene rings is 2. The number of aromatic nitrogens is 2. The summed E-state index contributed by atoms with van der Waals surface area (Å²) in [6.07, 6.45) is -0.321. The molecule has 1 aliphatic rings. The average Bonchev–Trinajstić information content (AvgIpc) is 3.32. The lowest BCUT2D eigenvalue weighted by Gasteiger charge is -2.23. The van der Waals surface area contributed by atoms with Gasteiger partial charge in [-0.2, -0.15) is 13.2 Å². The molecule has 1 aliphatic carbocycles. The lowest BCUT2D eigenvalue weighted by molar-refractivity contribution is -0.138. The first-order valence-corrected chi connectivity index (χ1v) is 14.2. The highest BCUT2D eigenvalue weighted by molar-refractivity contribution is 5.95. The molecule has 0 amide bonds. The van der Waals surface area contributed by atoms with Crippen molar-refractivity contribution in [3.8, 4) is 11.1 Å². The van der Waals surface area contributed by atoms with Crippen LogP contribution < -0.4 is 0 Å². The molecule has 4 nitrogen and oxygen atoms in total. The van der Waals surface area contributed by atoms with Gasteiger partial charge in [-0.25, -0.2) is 8.78 Å². The van der Waals surface area contributed by atoms with E-state index in [1.807, 2.05) is 6.92 Å². The Bertz CT molecular complexity index is 1650. The summed E-state index contributed by atoms with van der Waals surface area (Å²) < 4.78 is 71.4. The van der Waals surface area contributed by atoms with E-state index in [4.69, 9.17) is 0 Å². The van der Waals surface area contributed by atoms with Crippen LogP contribution in [0.25, 0.3) is 11.1 Å². The summed E-state index contributed by atoms with van der Waals surface area (Å²) in [7, 11) is 0. The minimum atomic E-state index is -4.53. The van der Waals surface area contributed by atoms with Crippen molar-refractivity contribution in [3.63, 3.8) is 0 Å². The van der Waals surface area contributed by atoms with E-state index >= 15 is 0 Å². The third kappa shape index (κ3) is 6.76. The summed E-state index contributed by atoms with van der Waals surface area (Å²) in [4.78, 5) is 30.3. The van der Waals surface area contributed by atoms with Gasteiger partial charge in [0.1, 0.15) is 11.6 Å². The normalized spacial score (nSPS) is 15.7. The van der Waals surface area contributed by atoms with Crippen LogP contribution in [-0.2, 0) is 30.4 Å². The second-order valence-electron chi connectivity index (χ2n) is 11.3. The number of rotatable bonds is 9. The number of pyridine rings is 1. The predicted octanol–water partition coefficient (Wildman–Crippen LogP) is 8.48. The highest BCUT2D eigenvalue weighted by Crippen LogP contribution is 2.42. The largest absolute Gasteiger partial charge is 0.418 e. The van der Waals surface area contributed by atoms with Crippen molar-refractivity contribution in [2.75, 3.05) is 0 Å². The van der Waals surface area contributed by atoms with Crippen molar-refractivity contribution >= 4 is 11.6 Å². The number of ketones is 2. The first kappa shape index (κ1) is 30.3. The Morgan fingerprint density at radius 3 is 2.49 bits per heavy atom. The van der Waals surface area contributed by atoms with E-state index in [9.17, 15) is 31.5 Å². The molecule has 0 bridgehead atoms. The topological polar surface area (TPSA) is 52.0 Å². The fourth-order valence-electron chi connectivity index (χ4n) is 6.26.